The van der Waals surface area contributed by atoms with Crippen LogP contribution in [0.25, 0.3) is 22.5 Å². The van der Waals surface area contributed by atoms with E-state index in [1.54, 1.807) is 0 Å². The second kappa shape index (κ2) is 7.73. The molecule has 0 aliphatic heterocycles. The zero-order valence-electron chi connectivity index (χ0n) is 16.6. The minimum absolute atomic E-state index is 0.532. The SMILES string of the molecule is Cc1ccc(COc2c(-c3ccccc3)n(C)[n+](C)c2-c2ccccc2)cc1. The lowest BCUT2D eigenvalue weighted by molar-refractivity contribution is -0.740. The Labute approximate surface area is 166 Å². The molecule has 1 aromatic heterocycles. The topological polar surface area (TPSA) is 18.0 Å². The molecular weight excluding hydrogens is 344 g/mol. The number of aromatic nitrogens is 2. The molecule has 140 valence electrons. The highest BCUT2D eigenvalue weighted by atomic mass is 16.5. The van der Waals surface area contributed by atoms with Gasteiger partial charge in [-0.05, 0) is 24.6 Å². The highest BCUT2D eigenvalue weighted by molar-refractivity contribution is 5.76. The summed E-state index contributed by atoms with van der Waals surface area (Å²) in [5, 5.41) is 0. The largest absolute Gasteiger partial charge is 0.480 e. The molecule has 3 heteroatoms. The van der Waals surface area contributed by atoms with Gasteiger partial charge in [0.25, 0.3) is 5.69 Å². The maximum atomic E-state index is 6.46. The summed E-state index contributed by atoms with van der Waals surface area (Å²) in [4.78, 5) is 0. The van der Waals surface area contributed by atoms with Crippen LogP contribution in [0.3, 0.4) is 0 Å². The minimum atomic E-state index is 0.532. The molecule has 0 unspecified atom stereocenters. The van der Waals surface area contributed by atoms with Gasteiger partial charge in [-0.25, -0.2) is 0 Å². The van der Waals surface area contributed by atoms with Crippen molar-refractivity contribution in [3.8, 4) is 28.3 Å². The van der Waals surface area contributed by atoms with E-state index >= 15 is 0 Å². The number of benzene rings is 3. The fourth-order valence-corrected chi connectivity index (χ4v) is 3.51. The Hall–Kier alpha value is -3.33. The van der Waals surface area contributed by atoms with Crippen molar-refractivity contribution >= 4 is 0 Å². The molecule has 0 spiro atoms. The molecule has 3 nitrogen and oxygen atoms in total. The number of aryl methyl sites for hydroxylation is 1. The van der Waals surface area contributed by atoms with Gasteiger partial charge < -0.3 is 4.74 Å². The van der Waals surface area contributed by atoms with Gasteiger partial charge in [-0.2, -0.15) is 4.68 Å². The van der Waals surface area contributed by atoms with Gasteiger partial charge in [-0.15, -0.1) is 4.68 Å². The molecule has 0 atom stereocenters. The highest BCUT2D eigenvalue weighted by Crippen LogP contribution is 2.37. The van der Waals surface area contributed by atoms with Gasteiger partial charge in [0.1, 0.15) is 6.61 Å². The molecule has 1 heterocycles. The third kappa shape index (κ3) is 3.44. The van der Waals surface area contributed by atoms with Crippen molar-refractivity contribution < 1.29 is 9.42 Å². The molecule has 0 bridgehead atoms. The van der Waals surface area contributed by atoms with E-state index in [1.807, 2.05) is 12.1 Å². The summed E-state index contributed by atoms with van der Waals surface area (Å²) in [5.41, 5.74) is 6.85. The molecule has 4 aromatic rings. The van der Waals surface area contributed by atoms with Crippen molar-refractivity contribution in [1.29, 1.82) is 0 Å². The van der Waals surface area contributed by atoms with Gasteiger partial charge in [0.05, 0.1) is 12.6 Å². The zero-order chi connectivity index (χ0) is 19.5. The highest BCUT2D eigenvalue weighted by Gasteiger charge is 2.30. The van der Waals surface area contributed by atoms with E-state index in [1.165, 1.54) is 5.56 Å². The monoisotopic (exact) mass is 369 g/mol. The van der Waals surface area contributed by atoms with Crippen LogP contribution in [0.1, 0.15) is 11.1 Å². The first-order valence-electron chi connectivity index (χ1n) is 9.53. The maximum absolute atomic E-state index is 6.46. The van der Waals surface area contributed by atoms with Crippen LogP contribution in [0.15, 0.2) is 84.9 Å². The van der Waals surface area contributed by atoms with Crippen LogP contribution < -0.4 is 9.42 Å². The number of rotatable bonds is 5. The first-order chi connectivity index (χ1) is 13.6. The van der Waals surface area contributed by atoms with Crippen molar-refractivity contribution in [1.82, 2.24) is 4.68 Å². The molecule has 4 rings (SSSR count). The lowest BCUT2D eigenvalue weighted by Gasteiger charge is -2.08. The van der Waals surface area contributed by atoms with Crippen LogP contribution in [0.4, 0.5) is 0 Å². The summed E-state index contributed by atoms with van der Waals surface area (Å²) in [6.07, 6.45) is 0. The molecule has 0 aliphatic carbocycles. The Bertz CT molecular complexity index is 1000. The van der Waals surface area contributed by atoms with Crippen LogP contribution in [0, 0.1) is 6.92 Å². The molecule has 3 aromatic carbocycles. The minimum Gasteiger partial charge on any atom is -0.480 e. The van der Waals surface area contributed by atoms with E-state index in [0.717, 1.165) is 33.8 Å². The van der Waals surface area contributed by atoms with Crippen LogP contribution in [-0.4, -0.2) is 4.68 Å². The fourth-order valence-electron chi connectivity index (χ4n) is 3.51. The van der Waals surface area contributed by atoms with Crippen molar-refractivity contribution in [2.45, 2.75) is 13.5 Å². The predicted octanol–water partition coefficient (Wildman–Crippen LogP) is 5.07. The number of nitrogens with zero attached hydrogens (tertiary/aromatic N) is 2. The van der Waals surface area contributed by atoms with Crippen molar-refractivity contribution in [3.63, 3.8) is 0 Å². The van der Waals surface area contributed by atoms with Crippen LogP contribution in [0.5, 0.6) is 5.75 Å². The predicted molar refractivity (Wildman–Crippen MR) is 113 cm³/mol. The summed E-state index contributed by atoms with van der Waals surface area (Å²) < 4.78 is 10.8. The Balaban J connectivity index is 1.83. The van der Waals surface area contributed by atoms with E-state index in [-0.39, 0.29) is 0 Å². The molecule has 0 fully saturated rings. The lowest BCUT2D eigenvalue weighted by atomic mass is 10.1. The second-order valence-electron chi connectivity index (χ2n) is 7.08. The molecule has 0 saturated carbocycles. The Morgan fingerprint density at radius 3 is 1.96 bits per heavy atom. The first-order valence-corrected chi connectivity index (χ1v) is 9.53. The quantitative estimate of drug-likeness (QED) is 0.449. The fraction of sp³-hybridized carbons (Fsp3) is 0.160. The van der Waals surface area contributed by atoms with Gasteiger partial charge in [-0.1, -0.05) is 78.4 Å². The van der Waals surface area contributed by atoms with Crippen LogP contribution in [-0.2, 0) is 20.7 Å². The Morgan fingerprint density at radius 2 is 1.36 bits per heavy atom. The lowest BCUT2D eigenvalue weighted by Crippen LogP contribution is -2.39. The van der Waals surface area contributed by atoms with Gasteiger partial charge in [0, 0.05) is 5.56 Å². The van der Waals surface area contributed by atoms with Crippen molar-refractivity contribution in [3.05, 3.63) is 96.1 Å². The van der Waals surface area contributed by atoms with Crippen LogP contribution in [0.2, 0.25) is 0 Å². The maximum Gasteiger partial charge on any atom is 0.280 e. The zero-order valence-corrected chi connectivity index (χ0v) is 16.6. The van der Waals surface area contributed by atoms with E-state index in [9.17, 15) is 0 Å². The van der Waals surface area contributed by atoms with Crippen LogP contribution >= 0.6 is 0 Å². The van der Waals surface area contributed by atoms with Gasteiger partial charge >= 0.3 is 0 Å². The second-order valence-corrected chi connectivity index (χ2v) is 7.08. The average Bonchev–Trinajstić information content (AvgIpc) is 2.99. The smallest absolute Gasteiger partial charge is 0.280 e. The number of hydrogen-bond acceptors (Lipinski definition) is 1. The standard InChI is InChI=1S/C25H25N2O/c1-19-14-16-20(17-15-19)18-28-25-23(21-10-6-4-7-11-21)26(2)27(3)24(25)22-12-8-5-9-13-22/h4-17H,18H2,1-3H3/q+1. The van der Waals surface area contributed by atoms with Gasteiger partial charge in [-0.3, -0.25) is 0 Å². The normalized spacial score (nSPS) is 10.8. The van der Waals surface area contributed by atoms with Crippen molar-refractivity contribution in [2.75, 3.05) is 0 Å². The molecular formula is C25H25N2O+. The average molecular weight is 369 g/mol. The number of hydrogen-bond donors (Lipinski definition) is 0. The molecule has 0 aliphatic rings. The number of ether oxygens (including phenoxy) is 1. The molecule has 0 amide bonds. The summed E-state index contributed by atoms with van der Waals surface area (Å²) in [6, 6.07) is 29.3. The molecule has 0 N–H and O–H groups in total. The Kier molecular flexibility index (Phi) is 4.98. The van der Waals surface area contributed by atoms with Gasteiger partial charge in [0.15, 0.2) is 12.7 Å². The molecule has 0 saturated heterocycles. The van der Waals surface area contributed by atoms with E-state index in [0.29, 0.717) is 6.61 Å². The summed E-state index contributed by atoms with van der Waals surface area (Å²) in [7, 11) is 4.15. The van der Waals surface area contributed by atoms with Crippen molar-refractivity contribution in [2.24, 2.45) is 14.1 Å². The third-order valence-corrected chi connectivity index (χ3v) is 5.13. The summed E-state index contributed by atoms with van der Waals surface area (Å²) in [5.74, 6) is 0.906. The third-order valence-electron chi connectivity index (χ3n) is 5.13. The summed E-state index contributed by atoms with van der Waals surface area (Å²) in [6.45, 7) is 2.63. The Morgan fingerprint density at radius 1 is 0.786 bits per heavy atom. The van der Waals surface area contributed by atoms with E-state index in [4.69, 9.17) is 4.74 Å². The van der Waals surface area contributed by atoms with E-state index in [2.05, 4.69) is 103 Å². The molecule has 28 heavy (non-hydrogen) atoms. The summed E-state index contributed by atoms with van der Waals surface area (Å²) >= 11 is 0. The molecule has 0 radical (unpaired) electrons. The first kappa shape index (κ1) is 18.1. The van der Waals surface area contributed by atoms with E-state index < -0.39 is 0 Å². The van der Waals surface area contributed by atoms with Gasteiger partial charge in [0.2, 0.25) is 5.75 Å².